The Morgan fingerprint density at radius 2 is 1.90 bits per heavy atom. The minimum atomic E-state index is -1.39. The van der Waals surface area contributed by atoms with Crippen molar-refractivity contribution in [1.29, 1.82) is 15.8 Å². The molecule has 4 heteroatoms. The molecule has 108 valence electrons. The predicted molar refractivity (Wildman–Crippen MR) is 78.8 cm³/mol. The lowest BCUT2D eigenvalue weighted by molar-refractivity contribution is 0.158. The number of fused-ring (bicyclic) bond motifs is 1. The largest absolute Gasteiger partial charge is 0.399 e. The monoisotopic (exact) mass is 280 g/mol. The third-order valence-electron chi connectivity index (χ3n) is 4.89. The lowest BCUT2D eigenvalue weighted by Crippen LogP contribution is -2.47. The number of hydrogen-bond donors (Lipinski definition) is 1. The molecule has 0 aromatic rings. The Bertz CT molecular complexity index is 619. The molecular formula is C17H20N4. The predicted octanol–water partition coefficient (Wildman–Crippen LogP) is 3.01. The van der Waals surface area contributed by atoms with Crippen molar-refractivity contribution in [2.24, 2.45) is 34.8 Å². The van der Waals surface area contributed by atoms with Gasteiger partial charge < -0.3 is 5.73 Å². The molecule has 0 amide bonds. The quantitative estimate of drug-likeness (QED) is 0.798. The molecule has 0 saturated heterocycles. The summed E-state index contributed by atoms with van der Waals surface area (Å²) in [4.78, 5) is 0. The van der Waals surface area contributed by atoms with Gasteiger partial charge in [-0.25, -0.2) is 0 Å². The molecule has 2 aliphatic rings. The van der Waals surface area contributed by atoms with Gasteiger partial charge in [-0.15, -0.1) is 0 Å². The van der Waals surface area contributed by atoms with Crippen LogP contribution in [0.4, 0.5) is 0 Å². The Morgan fingerprint density at radius 1 is 1.29 bits per heavy atom. The van der Waals surface area contributed by atoms with E-state index in [1.165, 1.54) is 0 Å². The van der Waals surface area contributed by atoms with E-state index in [0.29, 0.717) is 11.5 Å². The van der Waals surface area contributed by atoms with Crippen molar-refractivity contribution in [3.63, 3.8) is 0 Å². The van der Waals surface area contributed by atoms with Crippen LogP contribution in [-0.2, 0) is 0 Å². The van der Waals surface area contributed by atoms with Crippen molar-refractivity contribution in [2.75, 3.05) is 0 Å². The molecular weight excluding hydrogens is 260 g/mol. The van der Waals surface area contributed by atoms with Crippen molar-refractivity contribution >= 4 is 0 Å². The second-order valence-electron chi connectivity index (χ2n) is 6.54. The number of nitrogens with two attached hydrogens (primary N) is 1. The van der Waals surface area contributed by atoms with E-state index in [0.717, 1.165) is 18.4 Å². The summed E-state index contributed by atoms with van der Waals surface area (Å²) in [5.74, 6) is 0.532. The molecule has 0 fully saturated rings. The van der Waals surface area contributed by atoms with Gasteiger partial charge in [0.1, 0.15) is 6.07 Å². The van der Waals surface area contributed by atoms with E-state index in [9.17, 15) is 15.8 Å². The zero-order valence-corrected chi connectivity index (χ0v) is 12.7. The molecule has 2 rings (SSSR count). The molecule has 0 unspecified atom stereocenters. The summed E-state index contributed by atoms with van der Waals surface area (Å²) in [6.07, 6.45) is 3.90. The van der Waals surface area contributed by atoms with Gasteiger partial charge in [-0.2, -0.15) is 15.8 Å². The highest BCUT2D eigenvalue weighted by atomic mass is 14.7. The lowest BCUT2D eigenvalue weighted by Gasteiger charge is -2.46. The van der Waals surface area contributed by atoms with Crippen LogP contribution < -0.4 is 5.73 Å². The molecule has 0 aromatic heterocycles. The molecule has 0 aliphatic heterocycles. The normalized spacial score (nSPS) is 30.7. The number of rotatable bonds is 1. The zero-order chi connectivity index (χ0) is 15.8. The number of nitrogens with zero attached hydrogens (tertiary/aromatic N) is 3. The minimum Gasteiger partial charge on any atom is -0.399 e. The van der Waals surface area contributed by atoms with Gasteiger partial charge in [0.05, 0.1) is 23.4 Å². The van der Waals surface area contributed by atoms with E-state index in [-0.39, 0.29) is 23.5 Å². The number of nitriles is 3. The molecule has 0 aromatic carbocycles. The molecule has 4 nitrogen and oxygen atoms in total. The summed E-state index contributed by atoms with van der Waals surface area (Å²) in [6.45, 7) is 6.21. The van der Waals surface area contributed by atoms with Gasteiger partial charge in [0.2, 0.25) is 0 Å². The maximum Gasteiger partial charge on any atom is 0.187 e. The van der Waals surface area contributed by atoms with Crippen LogP contribution in [0.3, 0.4) is 0 Å². The van der Waals surface area contributed by atoms with E-state index in [1.807, 2.05) is 13.8 Å². The Morgan fingerprint density at radius 3 is 2.38 bits per heavy atom. The first-order chi connectivity index (χ1) is 9.92. The Balaban J connectivity index is 2.77. The van der Waals surface area contributed by atoms with Gasteiger partial charge in [0.25, 0.3) is 0 Å². The first-order valence-electron chi connectivity index (χ1n) is 7.36. The van der Waals surface area contributed by atoms with Gasteiger partial charge in [0.15, 0.2) is 5.41 Å². The van der Waals surface area contributed by atoms with Gasteiger partial charge in [0, 0.05) is 5.92 Å². The molecule has 0 radical (unpaired) electrons. The third-order valence-corrected chi connectivity index (χ3v) is 4.89. The Hall–Kier alpha value is -2.25. The third kappa shape index (κ3) is 2.01. The van der Waals surface area contributed by atoms with E-state index in [4.69, 9.17) is 5.73 Å². The minimum absolute atomic E-state index is 0.0648. The van der Waals surface area contributed by atoms with Crippen LogP contribution in [0.15, 0.2) is 22.9 Å². The molecule has 2 N–H and O–H groups in total. The standard InChI is InChI=1S/C17H20N4/c1-10(2)15-13-6-11(3)4-5-12(13)14(7-18)16(21)17(15,8-19)9-20/h5,10-11,13,15H,4,6,21H2,1-3H3/t11-,13-,15+/m1/s1. The molecule has 0 saturated carbocycles. The Labute approximate surface area is 126 Å². The number of hydrogen-bond acceptors (Lipinski definition) is 4. The summed E-state index contributed by atoms with van der Waals surface area (Å²) in [6, 6.07) is 6.41. The van der Waals surface area contributed by atoms with Gasteiger partial charge in [-0.1, -0.05) is 26.8 Å². The fourth-order valence-corrected chi connectivity index (χ4v) is 3.98. The molecule has 3 atom stereocenters. The first-order valence-corrected chi connectivity index (χ1v) is 7.36. The smallest absolute Gasteiger partial charge is 0.187 e. The van der Waals surface area contributed by atoms with E-state index >= 15 is 0 Å². The maximum absolute atomic E-state index is 9.69. The molecule has 2 aliphatic carbocycles. The van der Waals surface area contributed by atoms with Crippen molar-refractivity contribution in [3.8, 4) is 18.2 Å². The fraction of sp³-hybridized carbons (Fsp3) is 0.588. The van der Waals surface area contributed by atoms with Crippen LogP contribution in [0.25, 0.3) is 0 Å². The van der Waals surface area contributed by atoms with Crippen LogP contribution in [0, 0.1) is 63.1 Å². The van der Waals surface area contributed by atoms with Gasteiger partial charge in [-0.05, 0) is 36.2 Å². The highest BCUT2D eigenvalue weighted by molar-refractivity contribution is 5.56. The summed E-state index contributed by atoms with van der Waals surface area (Å²) in [7, 11) is 0. The van der Waals surface area contributed by atoms with E-state index < -0.39 is 5.41 Å². The van der Waals surface area contributed by atoms with Gasteiger partial charge >= 0.3 is 0 Å². The first kappa shape index (κ1) is 15.1. The van der Waals surface area contributed by atoms with Crippen molar-refractivity contribution in [2.45, 2.75) is 33.6 Å². The maximum atomic E-state index is 9.69. The highest BCUT2D eigenvalue weighted by Gasteiger charge is 2.54. The summed E-state index contributed by atoms with van der Waals surface area (Å²) in [5.41, 5.74) is 6.19. The lowest BCUT2D eigenvalue weighted by atomic mass is 9.55. The molecule has 0 spiro atoms. The fourth-order valence-electron chi connectivity index (χ4n) is 3.98. The SMILES string of the molecule is CC(C)[C@H]1[C@@H]2C[C@H](C)CC=C2C(C#N)=C(N)C1(C#N)C#N. The van der Waals surface area contributed by atoms with Crippen LogP contribution >= 0.6 is 0 Å². The Kier molecular flexibility index (Phi) is 3.80. The molecule has 21 heavy (non-hydrogen) atoms. The average Bonchev–Trinajstić information content (AvgIpc) is 2.46. The van der Waals surface area contributed by atoms with Crippen LogP contribution in [0.2, 0.25) is 0 Å². The van der Waals surface area contributed by atoms with Crippen molar-refractivity contribution < 1.29 is 0 Å². The van der Waals surface area contributed by atoms with Crippen LogP contribution in [0.5, 0.6) is 0 Å². The van der Waals surface area contributed by atoms with Gasteiger partial charge in [-0.3, -0.25) is 0 Å². The summed E-state index contributed by atoms with van der Waals surface area (Å²) in [5, 5.41) is 28.8. The average molecular weight is 280 g/mol. The van der Waals surface area contributed by atoms with Crippen LogP contribution in [0.1, 0.15) is 33.6 Å². The van der Waals surface area contributed by atoms with E-state index in [2.05, 4.69) is 31.2 Å². The zero-order valence-electron chi connectivity index (χ0n) is 12.7. The van der Waals surface area contributed by atoms with Crippen molar-refractivity contribution in [1.82, 2.24) is 0 Å². The topological polar surface area (TPSA) is 97.4 Å². The highest BCUT2D eigenvalue weighted by Crippen LogP contribution is 2.54. The second kappa shape index (κ2) is 5.27. The number of allylic oxidation sites excluding steroid dienone is 4. The molecule has 0 bridgehead atoms. The second-order valence-corrected chi connectivity index (χ2v) is 6.54. The summed E-state index contributed by atoms with van der Waals surface area (Å²) < 4.78 is 0. The summed E-state index contributed by atoms with van der Waals surface area (Å²) >= 11 is 0. The van der Waals surface area contributed by atoms with Crippen molar-refractivity contribution in [3.05, 3.63) is 22.9 Å². The van der Waals surface area contributed by atoms with Crippen LogP contribution in [-0.4, -0.2) is 0 Å². The molecule has 0 heterocycles. The van der Waals surface area contributed by atoms with E-state index in [1.54, 1.807) is 0 Å².